The lowest BCUT2D eigenvalue weighted by Gasteiger charge is -2.36. The van der Waals surface area contributed by atoms with Crippen molar-refractivity contribution in [3.63, 3.8) is 0 Å². The Hall–Kier alpha value is -1.76. The maximum Gasteiger partial charge on any atom is 0.0366 e. The van der Waals surface area contributed by atoms with E-state index in [2.05, 4.69) is 55.3 Å². The number of benzene rings is 2. The van der Waals surface area contributed by atoms with Gasteiger partial charge in [0.2, 0.25) is 0 Å². The van der Waals surface area contributed by atoms with Gasteiger partial charge in [-0.3, -0.25) is 0 Å². The number of aryl methyl sites for hydroxylation is 1. The standard InChI is InChI=1S/C18H20N/c1-14-6-3-4-9-18(14)15-10-12-17(13-11-15)19(2)16-7-5-8-16/h4,6,9-13,16H,5,7-8H2,1-2H3. The molecular formula is C18H20N. The molecule has 0 atom stereocenters. The molecule has 0 unspecified atom stereocenters. The molecule has 1 nitrogen and oxygen atoms in total. The highest BCUT2D eigenvalue weighted by atomic mass is 15.1. The molecule has 0 bridgehead atoms. The van der Waals surface area contributed by atoms with Crippen molar-refractivity contribution in [2.75, 3.05) is 11.9 Å². The van der Waals surface area contributed by atoms with E-state index in [9.17, 15) is 0 Å². The first-order valence-corrected chi connectivity index (χ1v) is 7.05. The number of hydrogen-bond acceptors (Lipinski definition) is 1. The Kier molecular flexibility index (Phi) is 3.29. The fourth-order valence-electron chi connectivity index (χ4n) is 2.70. The molecule has 0 aromatic heterocycles. The summed E-state index contributed by atoms with van der Waals surface area (Å²) in [7, 11) is 2.21. The van der Waals surface area contributed by atoms with E-state index in [1.807, 2.05) is 12.1 Å². The molecule has 3 rings (SSSR count). The van der Waals surface area contributed by atoms with Crippen LogP contribution < -0.4 is 4.90 Å². The molecule has 19 heavy (non-hydrogen) atoms. The SMILES string of the molecule is Cc1c[c]ccc1-c1ccc(N(C)C2CCC2)cc1. The van der Waals surface area contributed by atoms with Crippen molar-refractivity contribution < 1.29 is 0 Å². The lowest BCUT2D eigenvalue weighted by atomic mass is 9.91. The quantitative estimate of drug-likeness (QED) is 0.778. The van der Waals surface area contributed by atoms with Crippen molar-refractivity contribution in [1.29, 1.82) is 0 Å². The molecule has 0 N–H and O–H groups in total. The second kappa shape index (κ2) is 5.08. The molecule has 0 amide bonds. The van der Waals surface area contributed by atoms with Gasteiger partial charge in [-0.25, -0.2) is 0 Å². The Morgan fingerprint density at radius 1 is 1.11 bits per heavy atom. The summed E-state index contributed by atoms with van der Waals surface area (Å²) in [6, 6.07) is 19.0. The lowest BCUT2D eigenvalue weighted by Crippen LogP contribution is -2.36. The molecule has 97 valence electrons. The van der Waals surface area contributed by atoms with E-state index in [1.165, 1.54) is 41.6 Å². The van der Waals surface area contributed by atoms with Crippen molar-refractivity contribution in [1.82, 2.24) is 0 Å². The number of anilines is 1. The highest BCUT2D eigenvalue weighted by Crippen LogP contribution is 2.30. The molecule has 0 saturated heterocycles. The Bertz CT molecular complexity index is 552. The summed E-state index contributed by atoms with van der Waals surface area (Å²) in [5, 5.41) is 0. The van der Waals surface area contributed by atoms with Crippen molar-refractivity contribution >= 4 is 5.69 Å². The van der Waals surface area contributed by atoms with Gasteiger partial charge < -0.3 is 4.90 Å². The Morgan fingerprint density at radius 3 is 2.42 bits per heavy atom. The molecule has 1 fully saturated rings. The molecule has 1 aliphatic rings. The van der Waals surface area contributed by atoms with Gasteiger partial charge in [-0.05, 0) is 61.1 Å². The molecule has 1 aliphatic carbocycles. The van der Waals surface area contributed by atoms with Gasteiger partial charge in [0.1, 0.15) is 0 Å². The first kappa shape index (κ1) is 12.3. The third kappa shape index (κ3) is 2.37. The van der Waals surface area contributed by atoms with Gasteiger partial charge in [-0.15, -0.1) is 0 Å². The summed E-state index contributed by atoms with van der Waals surface area (Å²) in [4.78, 5) is 2.42. The van der Waals surface area contributed by atoms with Gasteiger partial charge in [-0.1, -0.05) is 30.3 Å². The van der Waals surface area contributed by atoms with Crippen LogP contribution in [-0.4, -0.2) is 13.1 Å². The molecule has 2 aromatic carbocycles. The fraction of sp³-hybridized carbons (Fsp3) is 0.333. The number of hydrogen-bond donors (Lipinski definition) is 0. The highest BCUT2D eigenvalue weighted by molar-refractivity contribution is 5.69. The Balaban J connectivity index is 1.84. The van der Waals surface area contributed by atoms with Crippen LogP contribution >= 0.6 is 0 Å². The maximum atomic E-state index is 3.12. The zero-order valence-electron chi connectivity index (χ0n) is 11.7. The summed E-state index contributed by atoms with van der Waals surface area (Å²) < 4.78 is 0. The zero-order chi connectivity index (χ0) is 13.2. The molecule has 0 heterocycles. The minimum atomic E-state index is 0.749. The summed E-state index contributed by atoms with van der Waals surface area (Å²) in [6.45, 7) is 2.14. The van der Waals surface area contributed by atoms with Gasteiger partial charge in [0, 0.05) is 18.8 Å². The summed E-state index contributed by atoms with van der Waals surface area (Å²) >= 11 is 0. The normalized spacial score (nSPS) is 15.1. The van der Waals surface area contributed by atoms with Crippen LogP contribution in [0, 0.1) is 13.0 Å². The average molecular weight is 250 g/mol. The van der Waals surface area contributed by atoms with Gasteiger partial charge >= 0.3 is 0 Å². The molecular weight excluding hydrogens is 230 g/mol. The van der Waals surface area contributed by atoms with Crippen molar-refractivity contribution in [3.05, 3.63) is 54.1 Å². The second-order valence-corrected chi connectivity index (χ2v) is 5.48. The van der Waals surface area contributed by atoms with Crippen LogP contribution in [0.5, 0.6) is 0 Å². The highest BCUT2D eigenvalue weighted by Gasteiger charge is 2.22. The van der Waals surface area contributed by atoms with Gasteiger partial charge in [0.25, 0.3) is 0 Å². The predicted molar refractivity (Wildman–Crippen MR) is 81.5 cm³/mol. The topological polar surface area (TPSA) is 3.24 Å². The largest absolute Gasteiger partial charge is 0.372 e. The van der Waals surface area contributed by atoms with E-state index in [4.69, 9.17) is 0 Å². The monoisotopic (exact) mass is 250 g/mol. The number of nitrogens with zero attached hydrogens (tertiary/aromatic N) is 1. The first-order chi connectivity index (χ1) is 9.25. The zero-order valence-corrected chi connectivity index (χ0v) is 11.7. The van der Waals surface area contributed by atoms with E-state index >= 15 is 0 Å². The third-order valence-corrected chi connectivity index (χ3v) is 4.28. The van der Waals surface area contributed by atoms with Gasteiger partial charge in [-0.2, -0.15) is 0 Å². The smallest absolute Gasteiger partial charge is 0.0366 e. The Labute approximate surface area is 115 Å². The van der Waals surface area contributed by atoms with E-state index < -0.39 is 0 Å². The van der Waals surface area contributed by atoms with Crippen molar-refractivity contribution in [2.24, 2.45) is 0 Å². The van der Waals surface area contributed by atoms with Crippen LogP contribution in [0.4, 0.5) is 5.69 Å². The molecule has 1 radical (unpaired) electrons. The van der Waals surface area contributed by atoms with E-state index in [1.54, 1.807) is 0 Å². The molecule has 2 aromatic rings. The molecule has 1 heteroatoms. The fourth-order valence-corrected chi connectivity index (χ4v) is 2.70. The first-order valence-electron chi connectivity index (χ1n) is 7.05. The van der Waals surface area contributed by atoms with Crippen molar-refractivity contribution in [3.8, 4) is 11.1 Å². The van der Waals surface area contributed by atoms with Crippen LogP contribution in [0.1, 0.15) is 24.8 Å². The summed E-state index contributed by atoms with van der Waals surface area (Å²) in [5.74, 6) is 0. The summed E-state index contributed by atoms with van der Waals surface area (Å²) in [6.07, 6.45) is 4.06. The average Bonchev–Trinajstić information content (AvgIpc) is 2.37. The van der Waals surface area contributed by atoms with Crippen LogP contribution in [0.15, 0.2) is 42.5 Å². The minimum Gasteiger partial charge on any atom is -0.372 e. The van der Waals surface area contributed by atoms with Crippen LogP contribution in [-0.2, 0) is 0 Å². The van der Waals surface area contributed by atoms with Crippen molar-refractivity contribution in [2.45, 2.75) is 32.2 Å². The van der Waals surface area contributed by atoms with E-state index in [0.29, 0.717) is 0 Å². The molecule has 0 spiro atoms. The van der Waals surface area contributed by atoms with Gasteiger partial charge in [0.15, 0.2) is 0 Å². The van der Waals surface area contributed by atoms with Crippen LogP contribution in [0.2, 0.25) is 0 Å². The lowest BCUT2D eigenvalue weighted by molar-refractivity contribution is 0.401. The van der Waals surface area contributed by atoms with E-state index in [-0.39, 0.29) is 0 Å². The number of rotatable bonds is 3. The Morgan fingerprint density at radius 2 is 1.84 bits per heavy atom. The molecule has 1 saturated carbocycles. The second-order valence-electron chi connectivity index (χ2n) is 5.48. The minimum absolute atomic E-state index is 0.749. The molecule has 0 aliphatic heterocycles. The van der Waals surface area contributed by atoms with E-state index in [0.717, 1.165) is 6.04 Å². The van der Waals surface area contributed by atoms with Crippen LogP contribution in [0.25, 0.3) is 11.1 Å². The third-order valence-electron chi connectivity index (χ3n) is 4.28. The van der Waals surface area contributed by atoms with Gasteiger partial charge in [0.05, 0.1) is 0 Å². The summed E-state index contributed by atoms with van der Waals surface area (Å²) in [5.41, 5.74) is 5.20. The maximum absolute atomic E-state index is 3.12. The predicted octanol–water partition coefficient (Wildman–Crippen LogP) is 4.45. The van der Waals surface area contributed by atoms with Crippen LogP contribution in [0.3, 0.4) is 0 Å².